The zero-order valence-electron chi connectivity index (χ0n) is 12.1. The molecule has 4 heteroatoms. The van der Waals surface area contributed by atoms with Crippen molar-refractivity contribution in [3.05, 3.63) is 59.7 Å². The molecule has 21 heavy (non-hydrogen) atoms. The molecule has 2 rings (SSSR count). The van der Waals surface area contributed by atoms with Crippen LogP contribution in [-0.4, -0.2) is 25.5 Å². The number of benzene rings is 2. The van der Waals surface area contributed by atoms with Crippen LogP contribution in [0, 0.1) is 6.92 Å². The van der Waals surface area contributed by atoms with Gasteiger partial charge >= 0.3 is 5.97 Å². The van der Waals surface area contributed by atoms with Gasteiger partial charge in [0.2, 0.25) is 0 Å². The van der Waals surface area contributed by atoms with Crippen molar-refractivity contribution < 1.29 is 14.3 Å². The molecule has 0 saturated carbocycles. The number of carbonyl (C=O) groups is 2. The molecule has 0 unspecified atom stereocenters. The first-order chi connectivity index (χ1) is 10.1. The van der Waals surface area contributed by atoms with Crippen molar-refractivity contribution in [2.75, 3.05) is 13.7 Å². The fourth-order valence-corrected chi connectivity index (χ4v) is 2.07. The van der Waals surface area contributed by atoms with Gasteiger partial charge in [-0.1, -0.05) is 36.4 Å². The number of carbonyl (C=O) groups excluding carboxylic acids is 2. The maximum atomic E-state index is 11.9. The van der Waals surface area contributed by atoms with E-state index in [1.165, 1.54) is 7.11 Å². The van der Waals surface area contributed by atoms with Crippen LogP contribution in [0.1, 0.15) is 15.9 Å². The van der Waals surface area contributed by atoms with Gasteiger partial charge < -0.3 is 10.1 Å². The molecular weight excluding hydrogens is 266 g/mol. The molecule has 1 amide bonds. The third-order valence-corrected chi connectivity index (χ3v) is 3.19. The predicted octanol–water partition coefficient (Wildman–Crippen LogP) is 2.56. The van der Waals surface area contributed by atoms with Crippen molar-refractivity contribution in [1.29, 1.82) is 0 Å². The fraction of sp³-hybridized carbons (Fsp3) is 0.176. The first kappa shape index (κ1) is 14.8. The van der Waals surface area contributed by atoms with E-state index in [0.717, 1.165) is 16.7 Å². The Labute approximate surface area is 123 Å². The van der Waals surface area contributed by atoms with Crippen molar-refractivity contribution in [2.45, 2.75) is 6.92 Å². The summed E-state index contributed by atoms with van der Waals surface area (Å²) in [5.41, 5.74) is 3.72. The Balaban J connectivity index is 2.16. The lowest BCUT2D eigenvalue weighted by atomic mass is 9.98. The fourth-order valence-electron chi connectivity index (χ4n) is 2.07. The van der Waals surface area contributed by atoms with Gasteiger partial charge in [-0.05, 0) is 35.7 Å². The average molecular weight is 283 g/mol. The molecule has 1 N–H and O–H groups in total. The van der Waals surface area contributed by atoms with Gasteiger partial charge in [-0.3, -0.25) is 9.59 Å². The SMILES string of the molecule is COC(=O)CNC(=O)c1ccc(-c2ccccc2)c(C)c1. The molecule has 0 bridgehead atoms. The highest BCUT2D eigenvalue weighted by Crippen LogP contribution is 2.23. The number of methoxy groups -OCH3 is 1. The highest BCUT2D eigenvalue weighted by molar-refractivity contribution is 5.96. The summed E-state index contributed by atoms with van der Waals surface area (Å²) in [7, 11) is 1.29. The van der Waals surface area contributed by atoms with E-state index in [4.69, 9.17) is 0 Å². The summed E-state index contributed by atoms with van der Waals surface area (Å²) < 4.78 is 4.48. The molecule has 0 saturated heterocycles. The second kappa shape index (κ2) is 6.70. The molecule has 4 nitrogen and oxygen atoms in total. The maximum Gasteiger partial charge on any atom is 0.325 e. The number of hydrogen-bond acceptors (Lipinski definition) is 3. The molecule has 0 aliphatic carbocycles. The number of rotatable bonds is 4. The van der Waals surface area contributed by atoms with Crippen molar-refractivity contribution >= 4 is 11.9 Å². The van der Waals surface area contributed by atoms with Crippen LogP contribution < -0.4 is 5.32 Å². The van der Waals surface area contributed by atoms with Crippen LogP contribution in [0.3, 0.4) is 0 Å². The molecule has 0 radical (unpaired) electrons. The van der Waals surface area contributed by atoms with E-state index in [2.05, 4.69) is 10.1 Å². The number of nitrogens with one attached hydrogen (secondary N) is 1. The zero-order chi connectivity index (χ0) is 15.2. The molecule has 2 aromatic rings. The number of esters is 1. The lowest BCUT2D eigenvalue weighted by Crippen LogP contribution is -2.30. The first-order valence-corrected chi connectivity index (χ1v) is 6.63. The summed E-state index contributed by atoms with van der Waals surface area (Å²) in [5.74, 6) is -0.760. The minimum Gasteiger partial charge on any atom is -0.468 e. The summed E-state index contributed by atoms with van der Waals surface area (Å²) >= 11 is 0. The minimum atomic E-state index is -0.471. The molecule has 0 aliphatic rings. The zero-order valence-corrected chi connectivity index (χ0v) is 12.1. The summed E-state index contributed by atoms with van der Waals surface area (Å²) in [4.78, 5) is 23.0. The van der Waals surface area contributed by atoms with Gasteiger partial charge in [0.25, 0.3) is 5.91 Å². The van der Waals surface area contributed by atoms with Gasteiger partial charge in [0.1, 0.15) is 6.54 Å². The third kappa shape index (κ3) is 3.69. The smallest absolute Gasteiger partial charge is 0.325 e. The van der Waals surface area contributed by atoms with Gasteiger partial charge in [-0.2, -0.15) is 0 Å². The quantitative estimate of drug-likeness (QED) is 0.877. The Morgan fingerprint density at radius 1 is 1.10 bits per heavy atom. The predicted molar refractivity (Wildman–Crippen MR) is 81.0 cm³/mol. The lowest BCUT2D eigenvalue weighted by molar-refractivity contribution is -0.139. The van der Waals surface area contributed by atoms with E-state index >= 15 is 0 Å². The number of ether oxygens (including phenoxy) is 1. The van der Waals surface area contributed by atoms with Crippen LogP contribution in [0.4, 0.5) is 0 Å². The summed E-state index contributed by atoms with van der Waals surface area (Å²) in [6.45, 7) is 1.83. The second-order valence-electron chi connectivity index (χ2n) is 4.65. The largest absolute Gasteiger partial charge is 0.468 e. The van der Waals surface area contributed by atoms with Crippen LogP contribution in [-0.2, 0) is 9.53 Å². The highest BCUT2D eigenvalue weighted by atomic mass is 16.5. The number of aryl methyl sites for hydroxylation is 1. The Hall–Kier alpha value is -2.62. The molecule has 0 aliphatic heterocycles. The lowest BCUT2D eigenvalue weighted by Gasteiger charge is -2.09. The highest BCUT2D eigenvalue weighted by Gasteiger charge is 2.10. The van der Waals surface area contributed by atoms with Crippen molar-refractivity contribution in [1.82, 2.24) is 5.32 Å². The Kier molecular flexibility index (Phi) is 4.72. The Morgan fingerprint density at radius 3 is 2.43 bits per heavy atom. The van der Waals surface area contributed by atoms with Gasteiger partial charge in [0.15, 0.2) is 0 Å². The second-order valence-corrected chi connectivity index (χ2v) is 4.65. The van der Waals surface area contributed by atoms with E-state index in [-0.39, 0.29) is 12.5 Å². The van der Waals surface area contributed by atoms with E-state index in [9.17, 15) is 9.59 Å². The molecule has 108 valence electrons. The molecule has 0 heterocycles. The van der Waals surface area contributed by atoms with Gasteiger partial charge in [-0.15, -0.1) is 0 Å². The van der Waals surface area contributed by atoms with E-state index in [1.54, 1.807) is 6.07 Å². The van der Waals surface area contributed by atoms with Crippen LogP contribution in [0.2, 0.25) is 0 Å². The molecule has 2 aromatic carbocycles. The monoisotopic (exact) mass is 283 g/mol. The summed E-state index contributed by atoms with van der Waals surface area (Å²) in [6, 6.07) is 15.5. The molecule has 0 fully saturated rings. The van der Waals surface area contributed by atoms with Crippen LogP contribution in [0.5, 0.6) is 0 Å². The average Bonchev–Trinajstić information content (AvgIpc) is 2.52. The van der Waals surface area contributed by atoms with Crippen molar-refractivity contribution in [3.8, 4) is 11.1 Å². The first-order valence-electron chi connectivity index (χ1n) is 6.63. The van der Waals surface area contributed by atoms with Crippen molar-refractivity contribution in [3.63, 3.8) is 0 Å². The maximum absolute atomic E-state index is 11.9. The van der Waals surface area contributed by atoms with E-state index in [1.807, 2.05) is 49.4 Å². The van der Waals surface area contributed by atoms with Gasteiger partial charge in [-0.25, -0.2) is 0 Å². The Morgan fingerprint density at radius 2 is 1.81 bits per heavy atom. The molecular formula is C17H17NO3. The Bertz CT molecular complexity index is 650. The van der Waals surface area contributed by atoms with Crippen LogP contribution >= 0.6 is 0 Å². The van der Waals surface area contributed by atoms with Crippen LogP contribution in [0.25, 0.3) is 11.1 Å². The van der Waals surface area contributed by atoms with Gasteiger partial charge in [0, 0.05) is 5.56 Å². The molecule has 0 atom stereocenters. The normalized spacial score (nSPS) is 10.0. The van der Waals surface area contributed by atoms with E-state index in [0.29, 0.717) is 5.56 Å². The minimum absolute atomic E-state index is 0.130. The van der Waals surface area contributed by atoms with Crippen LogP contribution in [0.15, 0.2) is 48.5 Å². The number of amides is 1. The standard InChI is InChI=1S/C17H17NO3/c1-12-10-14(17(20)18-11-16(19)21-2)8-9-15(12)13-6-4-3-5-7-13/h3-10H,11H2,1-2H3,(H,18,20). The van der Waals surface area contributed by atoms with Gasteiger partial charge in [0.05, 0.1) is 7.11 Å². The third-order valence-electron chi connectivity index (χ3n) is 3.19. The van der Waals surface area contributed by atoms with Crippen molar-refractivity contribution in [2.24, 2.45) is 0 Å². The number of hydrogen-bond donors (Lipinski definition) is 1. The topological polar surface area (TPSA) is 55.4 Å². The molecule has 0 spiro atoms. The summed E-state index contributed by atoms with van der Waals surface area (Å²) in [6.07, 6.45) is 0. The molecule has 0 aromatic heterocycles. The van der Waals surface area contributed by atoms with E-state index < -0.39 is 5.97 Å². The summed E-state index contributed by atoms with van der Waals surface area (Å²) in [5, 5.41) is 2.52.